The van der Waals surface area contributed by atoms with Crippen molar-refractivity contribution in [2.75, 3.05) is 14.2 Å². The van der Waals surface area contributed by atoms with Gasteiger partial charge in [-0.05, 0) is 37.3 Å². The number of aromatic nitrogens is 1. The van der Waals surface area contributed by atoms with Gasteiger partial charge in [0.25, 0.3) is 0 Å². The Balaban J connectivity index is 2.14. The third-order valence-electron chi connectivity index (χ3n) is 3.44. The summed E-state index contributed by atoms with van der Waals surface area (Å²) < 4.78 is 10.6. The Morgan fingerprint density at radius 3 is 2.20 bits per heavy atom. The Bertz CT molecular complexity index is 737. The zero-order valence-corrected chi connectivity index (χ0v) is 11.9. The molecule has 3 rings (SSSR count). The number of hydrogen-bond donors (Lipinski definition) is 1. The molecule has 1 aromatic heterocycles. The summed E-state index contributed by atoms with van der Waals surface area (Å²) in [5.41, 5.74) is 4.50. The maximum absolute atomic E-state index is 5.32. The number of H-pyrrole nitrogens is 1. The second-order valence-corrected chi connectivity index (χ2v) is 4.88. The third kappa shape index (κ3) is 2.23. The van der Waals surface area contributed by atoms with Crippen LogP contribution in [0.3, 0.4) is 0 Å². The van der Waals surface area contributed by atoms with Crippen LogP contribution < -0.4 is 9.47 Å². The second-order valence-electron chi connectivity index (χ2n) is 4.88. The number of ether oxygens (including phenoxy) is 2. The molecule has 20 heavy (non-hydrogen) atoms. The summed E-state index contributed by atoms with van der Waals surface area (Å²) in [6.45, 7) is 2.10. The zero-order valence-electron chi connectivity index (χ0n) is 11.9. The van der Waals surface area contributed by atoms with Crippen molar-refractivity contribution in [3.05, 3.63) is 48.0 Å². The lowest BCUT2D eigenvalue weighted by Gasteiger charge is -2.07. The lowest BCUT2D eigenvalue weighted by molar-refractivity contribution is 0.394. The van der Waals surface area contributed by atoms with Crippen LogP contribution in [-0.4, -0.2) is 19.2 Å². The molecule has 1 N–H and O–H groups in total. The highest BCUT2D eigenvalue weighted by Crippen LogP contribution is 2.31. The van der Waals surface area contributed by atoms with Crippen molar-refractivity contribution in [1.82, 2.24) is 4.98 Å². The first-order valence-corrected chi connectivity index (χ1v) is 6.52. The van der Waals surface area contributed by atoms with Gasteiger partial charge >= 0.3 is 0 Å². The van der Waals surface area contributed by atoms with Gasteiger partial charge in [-0.15, -0.1) is 0 Å². The van der Waals surface area contributed by atoms with Crippen molar-refractivity contribution >= 4 is 10.9 Å². The van der Waals surface area contributed by atoms with Gasteiger partial charge in [0.15, 0.2) is 0 Å². The molecule has 0 aliphatic rings. The van der Waals surface area contributed by atoms with Crippen molar-refractivity contribution in [3.63, 3.8) is 0 Å². The Labute approximate surface area is 118 Å². The van der Waals surface area contributed by atoms with E-state index in [9.17, 15) is 0 Å². The van der Waals surface area contributed by atoms with Gasteiger partial charge in [-0.1, -0.05) is 11.6 Å². The highest BCUT2D eigenvalue weighted by molar-refractivity contribution is 5.86. The SMILES string of the molecule is COc1cc(OC)cc(-c2cc3cc(C)ccc3[nH]2)c1. The maximum atomic E-state index is 5.32. The van der Waals surface area contributed by atoms with Gasteiger partial charge in [-0.25, -0.2) is 0 Å². The molecule has 3 nitrogen and oxygen atoms in total. The number of nitrogens with one attached hydrogen (secondary N) is 1. The van der Waals surface area contributed by atoms with E-state index in [-0.39, 0.29) is 0 Å². The summed E-state index contributed by atoms with van der Waals surface area (Å²) in [5.74, 6) is 1.57. The molecule has 3 heteroatoms. The predicted molar refractivity (Wildman–Crippen MR) is 81.6 cm³/mol. The van der Waals surface area contributed by atoms with Crippen LogP contribution >= 0.6 is 0 Å². The van der Waals surface area contributed by atoms with Crippen LogP contribution in [0.15, 0.2) is 42.5 Å². The molecule has 0 saturated carbocycles. The van der Waals surface area contributed by atoms with E-state index in [0.717, 1.165) is 28.3 Å². The summed E-state index contributed by atoms with van der Waals surface area (Å²) in [5, 5.41) is 1.21. The molecule has 1 heterocycles. The van der Waals surface area contributed by atoms with Crippen LogP contribution in [-0.2, 0) is 0 Å². The van der Waals surface area contributed by atoms with E-state index in [4.69, 9.17) is 9.47 Å². The first kappa shape index (κ1) is 12.6. The van der Waals surface area contributed by atoms with E-state index >= 15 is 0 Å². The number of aryl methyl sites for hydroxylation is 1. The summed E-state index contributed by atoms with van der Waals surface area (Å²) in [4.78, 5) is 3.43. The van der Waals surface area contributed by atoms with Gasteiger partial charge in [0, 0.05) is 28.2 Å². The van der Waals surface area contributed by atoms with E-state index in [1.165, 1.54) is 10.9 Å². The number of fused-ring (bicyclic) bond motifs is 1. The lowest BCUT2D eigenvalue weighted by atomic mass is 10.1. The van der Waals surface area contributed by atoms with Crippen LogP contribution in [0, 0.1) is 6.92 Å². The van der Waals surface area contributed by atoms with E-state index in [0.29, 0.717) is 0 Å². The first-order valence-electron chi connectivity index (χ1n) is 6.52. The average Bonchev–Trinajstić information content (AvgIpc) is 2.89. The molecule has 0 saturated heterocycles. The molecular formula is C17H17NO2. The number of aromatic amines is 1. The molecule has 0 aliphatic carbocycles. The highest BCUT2D eigenvalue weighted by atomic mass is 16.5. The molecule has 0 radical (unpaired) electrons. The molecule has 102 valence electrons. The molecule has 2 aromatic carbocycles. The van der Waals surface area contributed by atoms with Crippen molar-refractivity contribution in [2.24, 2.45) is 0 Å². The largest absolute Gasteiger partial charge is 0.497 e. The van der Waals surface area contributed by atoms with Gasteiger partial charge < -0.3 is 14.5 Å². The Morgan fingerprint density at radius 2 is 1.55 bits per heavy atom. The topological polar surface area (TPSA) is 34.2 Å². The lowest BCUT2D eigenvalue weighted by Crippen LogP contribution is -1.88. The molecule has 0 spiro atoms. The molecular weight excluding hydrogens is 250 g/mol. The van der Waals surface area contributed by atoms with Crippen LogP contribution in [0.25, 0.3) is 22.2 Å². The van der Waals surface area contributed by atoms with Gasteiger partial charge in [0.1, 0.15) is 11.5 Å². The predicted octanol–water partition coefficient (Wildman–Crippen LogP) is 4.16. The molecule has 0 aliphatic heterocycles. The quantitative estimate of drug-likeness (QED) is 0.773. The minimum absolute atomic E-state index is 0.786. The monoisotopic (exact) mass is 267 g/mol. The molecule has 0 bridgehead atoms. The normalized spacial score (nSPS) is 10.8. The minimum atomic E-state index is 0.786. The first-order chi connectivity index (χ1) is 9.69. The Hall–Kier alpha value is -2.42. The zero-order chi connectivity index (χ0) is 14.1. The van der Waals surface area contributed by atoms with E-state index in [2.05, 4.69) is 36.2 Å². The molecule has 0 atom stereocenters. The molecule has 0 unspecified atom stereocenters. The standard InChI is InChI=1S/C17H17NO2/c1-11-4-5-16-12(6-11)9-17(18-16)13-7-14(19-2)10-15(8-13)20-3/h4-10,18H,1-3H3. The number of rotatable bonds is 3. The smallest absolute Gasteiger partial charge is 0.123 e. The fraction of sp³-hybridized carbons (Fsp3) is 0.176. The minimum Gasteiger partial charge on any atom is -0.497 e. The summed E-state index contributed by atoms with van der Waals surface area (Å²) in [6, 6.07) is 14.4. The third-order valence-corrected chi connectivity index (χ3v) is 3.44. The number of hydrogen-bond acceptors (Lipinski definition) is 2. The van der Waals surface area contributed by atoms with Crippen LogP contribution in [0.2, 0.25) is 0 Å². The van der Waals surface area contributed by atoms with Crippen molar-refractivity contribution < 1.29 is 9.47 Å². The van der Waals surface area contributed by atoms with Gasteiger partial charge in [0.05, 0.1) is 14.2 Å². The van der Waals surface area contributed by atoms with Crippen molar-refractivity contribution in [2.45, 2.75) is 6.92 Å². The molecule has 0 fully saturated rings. The highest BCUT2D eigenvalue weighted by Gasteiger charge is 2.07. The van der Waals surface area contributed by atoms with Crippen LogP contribution in [0.1, 0.15) is 5.56 Å². The summed E-state index contributed by atoms with van der Waals surface area (Å²) >= 11 is 0. The van der Waals surface area contributed by atoms with Gasteiger partial charge in [0.2, 0.25) is 0 Å². The Kier molecular flexibility index (Phi) is 3.11. The van der Waals surface area contributed by atoms with Crippen molar-refractivity contribution in [3.8, 4) is 22.8 Å². The van der Waals surface area contributed by atoms with Crippen molar-refractivity contribution in [1.29, 1.82) is 0 Å². The second kappa shape index (κ2) is 4.93. The fourth-order valence-corrected chi connectivity index (χ4v) is 2.37. The van der Waals surface area contributed by atoms with Crippen LogP contribution in [0.5, 0.6) is 11.5 Å². The van der Waals surface area contributed by atoms with E-state index in [1.807, 2.05) is 18.2 Å². The van der Waals surface area contributed by atoms with Gasteiger partial charge in [-0.2, -0.15) is 0 Å². The average molecular weight is 267 g/mol. The fourth-order valence-electron chi connectivity index (χ4n) is 2.37. The summed E-state index contributed by atoms with van der Waals surface area (Å²) in [7, 11) is 3.32. The van der Waals surface area contributed by atoms with E-state index < -0.39 is 0 Å². The van der Waals surface area contributed by atoms with Gasteiger partial charge in [-0.3, -0.25) is 0 Å². The number of benzene rings is 2. The van der Waals surface area contributed by atoms with E-state index in [1.54, 1.807) is 14.2 Å². The molecule has 3 aromatic rings. The summed E-state index contributed by atoms with van der Waals surface area (Å²) in [6.07, 6.45) is 0. The Morgan fingerprint density at radius 1 is 0.850 bits per heavy atom. The van der Waals surface area contributed by atoms with Crippen LogP contribution in [0.4, 0.5) is 0 Å². The number of methoxy groups -OCH3 is 2. The molecule has 0 amide bonds. The maximum Gasteiger partial charge on any atom is 0.123 e.